The van der Waals surface area contributed by atoms with E-state index in [1.54, 1.807) is 0 Å². The zero-order valence-corrected chi connectivity index (χ0v) is 8.25. The first kappa shape index (κ1) is 10.5. The smallest absolute Gasteiger partial charge is 0.122 e. The van der Waals surface area contributed by atoms with E-state index < -0.39 is 0 Å². The number of likely N-dealkylation sites (N-methyl/N-ethyl adjacent to an activating group) is 1. The summed E-state index contributed by atoms with van der Waals surface area (Å²) in [7, 11) is 1.91. The van der Waals surface area contributed by atoms with Gasteiger partial charge in [0.2, 0.25) is 0 Å². The first-order valence-corrected chi connectivity index (χ1v) is 4.49. The number of benzene rings is 1. The van der Waals surface area contributed by atoms with Crippen LogP contribution in [0.15, 0.2) is 30.3 Å². The molecule has 0 radical (unpaired) electrons. The van der Waals surface area contributed by atoms with E-state index in [4.69, 9.17) is 11.1 Å². The van der Waals surface area contributed by atoms with Crippen molar-refractivity contribution in [3.05, 3.63) is 41.5 Å². The lowest BCUT2D eigenvalue weighted by Gasteiger charge is -1.98. The highest BCUT2D eigenvalue weighted by molar-refractivity contribution is 5.95. The highest BCUT2D eigenvalue weighted by atomic mass is 14.8. The summed E-state index contributed by atoms with van der Waals surface area (Å²) in [5, 5.41) is 10.3. The van der Waals surface area contributed by atoms with Crippen LogP contribution in [0.5, 0.6) is 0 Å². The van der Waals surface area contributed by atoms with E-state index in [1.165, 1.54) is 0 Å². The van der Waals surface area contributed by atoms with Gasteiger partial charge in [0.05, 0.1) is 0 Å². The lowest BCUT2D eigenvalue weighted by atomic mass is 10.1. The molecular weight excluding hydrogens is 174 g/mol. The second-order valence-electron chi connectivity index (χ2n) is 3.00. The van der Waals surface area contributed by atoms with E-state index in [0.29, 0.717) is 0 Å². The van der Waals surface area contributed by atoms with Gasteiger partial charge in [-0.1, -0.05) is 36.4 Å². The Morgan fingerprint density at radius 1 is 1.43 bits per heavy atom. The number of hydrogen-bond acceptors (Lipinski definition) is 2. The average Bonchev–Trinajstić information content (AvgIpc) is 2.19. The van der Waals surface area contributed by atoms with Crippen LogP contribution in [0.2, 0.25) is 0 Å². The molecule has 0 amide bonds. The van der Waals surface area contributed by atoms with Crippen molar-refractivity contribution in [2.75, 3.05) is 13.6 Å². The minimum Gasteiger partial charge on any atom is -0.384 e. The number of nitrogens with one attached hydrogen (secondary N) is 2. The van der Waals surface area contributed by atoms with Crippen molar-refractivity contribution < 1.29 is 0 Å². The molecule has 0 heterocycles. The Bertz CT molecular complexity index is 325. The van der Waals surface area contributed by atoms with E-state index in [-0.39, 0.29) is 5.84 Å². The molecular formula is C11H15N3. The predicted octanol–water partition coefficient (Wildman–Crippen LogP) is 1.20. The van der Waals surface area contributed by atoms with Gasteiger partial charge in [-0.15, -0.1) is 0 Å². The van der Waals surface area contributed by atoms with Crippen LogP contribution in [0.4, 0.5) is 0 Å². The number of nitrogen functional groups attached to an aromatic ring is 1. The molecule has 0 aliphatic rings. The van der Waals surface area contributed by atoms with E-state index >= 15 is 0 Å². The molecule has 1 rings (SSSR count). The molecule has 14 heavy (non-hydrogen) atoms. The van der Waals surface area contributed by atoms with Gasteiger partial charge in [0.15, 0.2) is 0 Å². The van der Waals surface area contributed by atoms with Crippen molar-refractivity contribution in [2.24, 2.45) is 5.73 Å². The third kappa shape index (κ3) is 3.03. The lowest BCUT2D eigenvalue weighted by Crippen LogP contribution is -2.10. The van der Waals surface area contributed by atoms with E-state index in [0.717, 1.165) is 17.7 Å². The van der Waals surface area contributed by atoms with E-state index in [1.807, 2.05) is 43.5 Å². The molecule has 1 aromatic rings. The number of nitrogens with two attached hydrogens (primary N) is 1. The van der Waals surface area contributed by atoms with E-state index in [9.17, 15) is 0 Å². The highest BCUT2D eigenvalue weighted by Crippen LogP contribution is 2.05. The normalized spacial score (nSPS) is 10.6. The first-order valence-electron chi connectivity index (χ1n) is 4.49. The second kappa shape index (κ2) is 5.19. The molecule has 0 saturated heterocycles. The summed E-state index contributed by atoms with van der Waals surface area (Å²) < 4.78 is 0. The SMILES string of the molecule is CNCC=Cc1ccc(C(=N)N)cc1. The fraction of sp³-hybridized carbons (Fsp3) is 0.182. The zero-order valence-electron chi connectivity index (χ0n) is 8.25. The standard InChI is InChI=1S/C11H15N3/c1-14-8-2-3-9-4-6-10(7-5-9)11(12)13/h2-7,14H,8H2,1H3,(H3,12,13). The Morgan fingerprint density at radius 2 is 2.07 bits per heavy atom. The van der Waals surface area contributed by atoms with Crippen LogP contribution < -0.4 is 11.1 Å². The molecule has 0 aromatic heterocycles. The van der Waals surface area contributed by atoms with Gasteiger partial charge in [-0.3, -0.25) is 5.41 Å². The van der Waals surface area contributed by atoms with Crippen LogP contribution in [0.25, 0.3) is 6.08 Å². The summed E-state index contributed by atoms with van der Waals surface area (Å²) in [6, 6.07) is 7.59. The molecule has 3 heteroatoms. The molecule has 3 nitrogen and oxygen atoms in total. The second-order valence-corrected chi connectivity index (χ2v) is 3.00. The van der Waals surface area contributed by atoms with Crippen molar-refractivity contribution in [1.82, 2.24) is 5.32 Å². The molecule has 0 aliphatic heterocycles. The molecule has 0 saturated carbocycles. The van der Waals surface area contributed by atoms with Gasteiger partial charge in [0.25, 0.3) is 0 Å². The number of amidine groups is 1. The maximum absolute atomic E-state index is 7.22. The monoisotopic (exact) mass is 189 g/mol. The Hall–Kier alpha value is -1.61. The van der Waals surface area contributed by atoms with Crippen molar-refractivity contribution in [3.63, 3.8) is 0 Å². The zero-order chi connectivity index (χ0) is 10.4. The molecule has 0 spiro atoms. The average molecular weight is 189 g/mol. The quantitative estimate of drug-likeness (QED) is 0.492. The van der Waals surface area contributed by atoms with Crippen LogP contribution in [-0.4, -0.2) is 19.4 Å². The Morgan fingerprint density at radius 3 is 2.57 bits per heavy atom. The van der Waals surface area contributed by atoms with Crippen LogP contribution in [0.1, 0.15) is 11.1 Å². The maximum atomic E-state index is 7.22. The topological polar surface area (TPSA) is 61.9 Å². The van der Waals surface area contributed by atoms with Crippen LogP contribution in [0.3, 0.4) is 0 Å². The minimum absolute atomic E-state index is 0.107. The van der Waals surface area contributed by atoms with Gasteiger partial charge < -0.3 is 11.1 Å². The van der Waals surface area contributed by atoms with Crippen molar-refractivity contribution in [2.45, 2.75) is 0 Å². The van der Waals surface area contributed by atoms with Crippen molar-refractivity contribution in [1.29, 1.82) is 5.41 Å². The summed E-state index contributed by atoms with van der Waals surface area (Å²) >= 11 is 0. The molecule has 0 fully saturated rings. The molecule has 0 aliphatic carbocycles. The maximum Gasteiger partial charge on any atom is 0.122 e. The summed E-state index contributed by atoms with van der Waals surface area (Å²) in [5.74, 6) is 0.107. The third-order valence-electron chi connectivity index (χ3n) is 1.85. The van der Waals surface area contributed by atoms with Gasteiger partial charge in [-0.2, -0.15) is 0 Å². The minimum atomic E-state index is 0.107. The largest absolute Gasteiger partial charge is 0.384 e. The van der Waals surface area contributed by atoms with Gasteiger partial charge in [-0.25, -0.2) is 0 Å². The summed E-state index contributed by atoms with van der Waals surface area (Å²) in [6.07, 6.45) is 4.07. The van der Waals surface area contributed by atoms with Gasteiger partial charge >= 0.3 is 0 Å². The van der Waals surface area contributed by atoms with Gasteiger partial charge in [-0.05, 0) is 12.6 Å². The van der Waals surface area contributed by atoms with Crippen LogP contribution in [0, 0.1) is 5.41 Å². The lowest BCUT2D eigenvalue weighted by molar-refractivity contribution is 0.922. The van der Waals surface area contributed by atoms with Crippen LogP contribution in [-0.2, 0) is 0 Å². The Kier molecular flexibility index (Phi) is 3.88. The number of hydrogen-bond donors (Lipinski definition) is 3. The van der Waals surface area contributed by atoms with E-state index in [2.05, 4.69) is 5.32 Å². The summed E-state index contributed by atoms with van der Waals surface area (Å²) in [6.45, 7) is 0.856. The first-order chi connectivity index (χ1) is 6.74. The summed E-state index contributed by atoms with van der Waals surface area (Å²) in [4.78, 5) is 0. The molecule has 0 unspecified atom stereocenters. The predicted molar refractivity (Wildman–Crippen MR) is 60.4 cm³/mol. The van der Waals surface area contributed by atoms with Gasteiger partial charge in [0.1, 0.15) is 5.84 Å². The number of rotatable bonds is 4. The fourth-order valence-corrected chi connectivity index (χ4v) is 1.09. The van der Waals surface area contributed by atoms with Crippen LogP contribution >= 0.6 is 0 Å². The van der Waals surface area contributed by atoms with Crippen molar-refractivity contribution >= 4 is 11.9 Å². The molecule has 0 bridgehead atoms. The Labute approximate surface area is 84.1 Å². The van der Waals surface area contributed by atoms with Gasteiger partial charge in [0, 0.05) is 12.1 Å². The van der Waals surface area contributed by atoms with Crippen molar-refractivity contribution in [3.8, 4) is 0 Å². The molecule has 1 aromatic carbocycles. The Balaban J connectivity index is 2.68. The fourth-order valence-electron chi connectivity index (χ4n) is 1.09. The highest BCUT2D eigenvalue weighted by Gasteiger charge is 1.93. The molecule has 4 N–H and O–H groups in total. The molecule has 74 valence electrons. The summed E-state index contributed by atoms with van der Waals surface area (Å²) in [5.41, 5.74) is 7.22. The third-order valence-corrected chi connectivity index (χ3v) is 1.85. The molecule has 0 atom stereocenters.